The Kier molecular flexibility index (Phi) is 5.58. The molecular weight excluding hydrogens is 338 g/mol. The van der Waals surface area contributed by atoms with Gasteiger partial charge in [-0.2, -0.15) is 0 Å². The average Bonchev–Trinajstić information content (AvgIpc) is 3.35. The predicted molar refractivity (Wildman–Crippen MR) is 104 cm³/mol. The fraction of sp³-hybridized carbons (Fsp3) is 0.545. The van der Waals surface area contributed by atoms with Crippen LogP contribution in [0.2, 0.25) is 0 Å². The molecule has 2 saturated heterocycles. The third-order valence-corrected chi connectivity index (χ3v) is 6.00. The van der Waals surface area contributed by atoms with Gasteiger partial charge >= 0.3 is 0 Å². The van der Waals surface area contributed by atoms with E-state index in [9.17, 15) is 4.79 Å². The fourth-order valence-electron chi connectivity index (χ4n) is 4.26. The van der Waals surface area contributed by atoms with E-state index in [-0.39, 0.29) is 5.92 Å². The van der Waals surface area contributed by atoms with Gasteiger partial charge < -0.3 is 14.2 Å². The van der Waals surface area contributed by atoms with Crippen molar-refractivity contribution in [3.63, 3.8) is 0 Å². The summed E-state index contributed by atoms with van der Waals surface area (Å²) in [5.74, 6) is 2.16. The third kappa shape index (κ3) is 4.24. The van der Waals surface area contributed by atoms with Crippen molar-refractivity contribution in [2.24, 2.45) is 11.8 Å². The SMILES string of the molecule is Cc1cnc(CC2CCN(C(=O)C3CCOC3)CC2)n1Cc1ccccc1. The largest absolute Gasteiger partial charge is 0.381 e. The third-order valence-electron chi connectivity index (χ3n) is 6.00. The van der Waals surface area contributed by atoms with Crippen LogP contribution in [0.25, 0.3) is 0 Å². The number of amides is 1. The van der Waals surface area contributed by atoms with Crippen molar-refractivity contribution in [3.8, 4) is 0 Å². The lowest BCUT2D eigenvalue weighted by atomic mass is 9.92. The molecule has 27 heavy (non-hydrogen) atoms. The monoisotopic (exact) mass is 367 g/mol. The molecule has 1 atom stereocenters. The molecule has 144 valence electrons. The molecule has 1 amide bonds. The van der Waals surface area contributed by atoms with Gasteiger partial charge in [-0.1, -0.05) is 30.3 Å². The Morgan fingerprint density at radius 3 is 2.67 bits per heavy atom. The van der Waals surface area contributed by atoms with E-state index < -0.39 is 0 Å². The molecule has 2 aliphatic heterocycles. The molecule has 0 saturated carbocycles. The molecule has 2 aromatic rings. The lowest BCUT2D eigenvalue weighted by Gasteiger charge is -2.33. The van der Waals surface area contributed by atoms with Gasteiger partial charge in [0.05, 0.1) is 12.5 Å². The number of carbonyl (C=O) groups is 1. The first-order chi connectivity index (χ1) is 13.2. The Morgan fingerprint density at radius 2 is 1.96 bits per heavy atom. The van der Waals surface area contributed by atoms with Crippen molar-refractivity contribution >= 4 is 5.91 Å². The number of imidazole rings is 1. The fourth-order valence-corrected chi connectivity index (χ4v) is 4.26. The van der Waals surface area contributed by atoms with E-state index in [1.807, 2.05) is 6.20 Å². The minimum atomic E-state index is 0.0916. The van der Waals surface area contributed by atoms with E-state index in [0.29, 0.717) is 18.4 Å². The maximum atomic E-state index is 12.6. The minimum Gasteiger partial charge on any atom is -0.381 e. The number of ether oxygens (including phenoxy) is 1. The summed E-state index contributed by atoms with van der Waals surface area (Å²) in [6, 6.07) is 10.6. The van der Waals surface area contributed by atoms with Gasteiger partial charge in [0.1, 0.15) is 5.82 Å². The molecule has 1 aromatic heterocycles. The zero-order chi connectivity index (χ0) is 18.6. The lowest BCUT2D eigenvalue weighted by molar-refractivity contribution is -0.136. The van der Waals surface area contributed by atoms with Crippen molar-refractivity contribution in [2.45, 2.75) is 39.2 Å². The molecule has 2 fully saturated rings. The van der Waals surface area contributed by atoms with E-state index in [0.717, 1.165) is 51.9 Å². The van der Waals surface area contributed by atoms with E-state index in [2.05, 4.69) is 51.7 Å². The Bertz CT molecular complexity index is 757. The number of rotatable bonds is 5. The van der Waals surface area contributed by atoms with Crippen LogP contribution in [0.1, 0.15) is 36.3 Å². The molecule has 0 radical (unpaired) electrons. The maximum Gasteiger partial charge on any atom is 0.228 e. The molecular formula is C22H29N3O2. The summed E-state index contributed by atoms with van der Waals surface area (Å²) >= 11 is 0. The molecule has 2 aliphatic rings. The Labute approximate surface area is 161 Å². The molecule has 5 heteroatoms. The zero-order valence-corrected chi connectivity index (χ0v) is 16.1. The summed E-state index contributed by atoms with van der Waals surface area (Å²) in [5.41, 5.74) is 2.52. The standard InChI is InChI=1S/C22H29N3O2/c1-17-14-23-21(25(17)15-19-5-3-2-4-6-19)13-18-7-10-24(11-8-18)22(26)20-9-12-27-16-20/h2-6,14,18,20H,7-13,15-16H2,1H3. The number of benzene rings is 1. The molecule has 0 aliphatic carbocycles. The summed E-state index contributed by atoms with van der Waals surface area (Å²) in [6.45, 7) is 6.09. The second-order valence-corrected chi connectivity index (χ2v) is 7.92. The zero-order valence-electron chi connectivity index (χ0n) is 16.1. The van der Waals surface area contributed by atoms with Crippen LogP contribution in [0.3, 0.4) is 0 Å². The Balaban J connectivity index is 1.35. The number of hydrogen-bond acceptors (Lipinski definition) is 3. The summed E-state index contributed by atoms with van der Waals surface area (Å²) in [6.07, 6.45) is 5.99. The molecule has 3 heterocycles. The molecule has 0 N–H and O–H groups in total. The van der Waals surface area contributed by atoms with Crippen LogP contribution in [0.4, 0.5) is 0 Å². The predicted octanol–water partition coefficient (Wildman–Crippen LogP) is 3.06. The normalized spacial score (nSPS) is 20.9. The molecule has 0 bridgehead atoms. The van der Waals surface area contributed by atoms with E-state index >= 15 is 0 Å². The number of likely N-dealkylation sites (tertiary alicyclic amines) is 1. The van der Waals surface area contributed by atoms with Gasteiger partial charge in [0, 0.05) is 44.6 Å². The van der Waals surface area contributed by atoms with Crippen LogP contribution < -0.4 is 0 Å². The topological polar surface area (TPSA) is 47.4 Å². The Hall–Kier alpha value is -2.14. The highest BCUT2D eigenvalue weighted by atomic mass is 16.5. The molecule has 4 rings (SSSR count). The van der Waals surface area contributed by atoms with Crippen LogP contribution >= 0.6 is 0 Å². The number of nitrogens with zero attached hydrogens (tertiary/aromatic N) is 3. The van der Waals surface area contributed by atoms with E-state index in [1.165, 1.54) is 17.1 Å². The second-order valence-electron chi connectivity index (χ2n) is 7.92. The number of aromatic nitrogens is 2. The van der Waals surface area contributed by atoms with E-state index in [4.69, 9.17) is 4.74 Å². The van der Waals surface area contributed by atoms with Gasteiger partial charge in [0.15, 0.2) is 0 Å². The van der Waals surface area contributed by atoms with Crippen LogP contribution in [-0.2, 0) is 22.5 Å². The second kappa shape index (κ2) is 8.26. The molecule has 0 spiro atoms. The van der Waals surface area contributed by atoms with Crippen molar-refractivity contribution in [1.82, 2.24) is 14.5 Å². The van der Waals surface area contributed by atoms with Crippen molar-refractivity contribution in [1.29, 1.82) is 0 Å². The summed E-state index contributed by atoms with van der Waals surface area (Å²) in [7, 11) is 0. The molecule has 5 nitrogen and oxygen atoms in total. The van der Waals surface area contributed by atoms with Gasteiger partial charge in [0.25, 0.3) is 0 Å². The highest BCUT2D eigenvalue weighted by Gasteiger charge is 2.31. The number of aryl methyl sites for hydroxylation is 1. The number of hydrogen-bond donors (Lipinski definition) is 0. The first-order valence-electron chi connectivity index (χ1n) is 10.1. The first kappa shape index (κ1) is 18.2. The average molecular weight is 367 g/mol. The highest BCUT2D eigenvalue weighted by Crippen LogP contribution is 2.25. The van der Waals surface area contributed by atoms with Gasteiger partial charge in [-0.15, -0.1) is 0 Å². The molecule has 1 unspecified atom stereocenters. The quantitative estimate of drug-likeness (QED) is 0.816. The number of piperidine rings is 1. The number of carbonyl (C=O) groups excluding carboxylic acids is 1. The summed E-state index contributed by atoms with van der Waals surface area (Å²) in [5, 5.41) is 0. The van der Waals surface area contributed by atoms with Crippen LogP contribution in [0, 0.1) is 18.8 Å². The van der Waals surface area contributed by atoms with E-state index in [1.54, 1.807) is 0 Å². The maximum absolute atomic E-state index is 12.6. The molecule has 1 aromatic carbocycles. The van der Waals surface area contributed by atoms with Crippen LogP contribution in [-0.4, -0.2) is 46.7 Å². The smallest absolute Gasteiger partial charge is 0.228 e. The van der Waals surface area contributed by atoms with Gasteiger partial charge in [0.2, 0.25) is 5.91 Å². The Morgan fingerprint density at radius 1 is 1.19 bits per heavy atom. The van der Waals surface area contributed by atoms with Crippen molar-refractivity contribution < 1.29 is 9.53 Å². The van der Waals surface area contributed by atoms with Crippen molar-refractivity contribution in [3.05, 3.63) is 53.6 Å². The van der Waals surface area contributed by atoms with Crippen molar-refractivity contribution in [2.75, 3.05) is 26.3 Å². The van der Waals surface area contributed by atoms with Gasteiger partial charge in [-0.25, -0.2) is 4.98 Å². The summed E-state index contributed by atoms with van der Waals surface area (Å²) < 4.78 is 7.71. The van der Waals surface area contributed by atoms with Gasteiger partial charge in [-0.3, -0.25) is 4.79 Å². The van der Waals surface area contributed by atoms with Crippen LogP contribution in [0.5, 0.6) is 0 Å². The van der Waals surface area contributed by atoms with Gasteiger partial charge in [-0.05, 0) is 37.7 Å². The summed E-state index contributed by atoms with van der Waals surface area (Å²) in [4.78, 5) is 19.3. The first-order valence-corrected chi connectivity index (χ1v) is 10.1. The lowest BCUT2D eigenvalue weighted by Crippen LogP contribution is -2.42. The minimum absolute atomic E-state index is 0.0916. The highest BCUT2D eigenvalue weighted by molar-refractivity contribution is 5.79. The van der Waals surface area contributed by atoms with Crippen LogP contribution in [0.15, 0.2) is 36.5 Å².